The van der Waals surface area contributed by atoms with Gasteiger partial charge in [-0.3, -0.25) is 13.9 Å². The average Bonchev–Trinajstić information content (AvgIpc) is 3.06. The minimum Gasteiger partial charge on any atom is -0.352 e. The number of benzene rings is 4. The molecule has 4 rings (SSSR count). The summed E-state index contributed by atoms with van der Waals surface area (Å²) in [5, 5.41) is 2.99. The van der Waals surface area contributed by atoms with E-state index in [4.69, 9.17) is 0 Å². The number of anilines is 1. The first-order chi connectivity index (χ1) is 22.0. The highest BCUT2D eigenvalue weighted by molar-refractivity contribution is 7.92. The van der Waals surface area contributed by atoms with Gasteiger partial charge in [-0.25, -0.2) is 12.8 Å². The van der Waals surface area contributed by atoms with Gasteiger partial charge in [-0.05, 0) is 60.7 Å². The maximum absolute atomic E-state index is 15.1. The van der Waals surface area contributed by atoms with Crippen molar-refractivity contribution < 1.29 is 22.4 Å². The molecule has 0 fully saturated rings. The molecule has 0 heterocycles. The Kier molecular flexibility index (Phi) is 11.7. The monoisotopic (exact) mass is 643 g/mol. The minimum atomic E-state index is -4.21. The molecular weight excluding hydrogens is 601 g/mol. The number of nitrogens with one attached hydrogen (secondary N) is 1. The molecule has 0 aliphatic rings. The van der Waals surface area contributed by atoms with Crippen LogP contribution in [0.15, 0.2) is 114 Å². The first-order valence-corrected chi connectivity index (χ1v) is 17.0. The van der Waals surface area contributed by atoms with Crippen molar-refractivity contribution >= 4 is 27.5 Å². The molecule has 0 aromatic heterocycles. The van der Waals surface area contributed by atoms with Gasteiger partial charge in [0.25, 0.3) is 10.0 Å². The van der Waals surface area contributed by atoms with Crippen molar-refractivity contribution in [3.8, 4) is 0 Å². The smallest absolute Gasteiger partial charge is 0.264 e. The fourth-order valence-electron chi connectivity index (χ4n) is 5.08. The Bertz CT molecular complexity index is 1700. The van der Waals surface area contributed by atoms with Crippen LogP contribution in [0.1, 0.15) is 56.7 Å². The van der Waals surface area contributed by atoms with E-state index in [1.807, 2.05) is 70.2 Å². The van der Waals surface area contributed by atoms with E-state index in [0.29, 0.717) is 12.1 Å². The summed E-state index contributed by atoms with van der Waals surface area (Å²) in [6.07, 6.45) is 0.818. The highest BCUT2D eigenvalue weighted by Crippen LogP contribution is 2.27. The number of sulfonamides is 1. The van der Waals surface area contributed by atoms with Crippen LogP contribution in [0.4, 0.5) is 10.1 Å². The lowest BCUT2D eigenvalue weighted by Crippen LogP contribution is -2.54. The van der Waals surface area contributed by atoms with Crippen LogP contribution in [0.3, 0.4) is 0 Å². The first-order valence-electron chi connectivity index (χ1n) is 15.6. The maximum atomic E-state index is 15.1. The molecule has 0 saturated carbocycles. The molecule has 1 N–H and O–H groups in total. The van der Waals surface area contributed by atoms with Gasteiger partial charge in [0.2, 0.25) is 11.8 Å². The van der Waals surface area contributed by atoms with E-state index in [2.05, 4.69) is 5.32 Å². The largest absolute Gasteiger partial charge is 0.352 e. The zero-order valence-electron chi connectivity index (χ0n) is 26.8. The van der Waals surface area contributed by atoms with E-state index in [-0.39, 0.29) is 35.4 Å². The Balaban J connectivity index is 1.82. The van der Waals surface area contributed by atoms with Gasteiger partial charge in [-0.1, -0.05) is 99.6 Å². The summed E-state index contributed by atoms with van der Waals surface area (Å²) in [6, 6.07) is 29.1. The molecule has 242 valence electrons. The molecule has 2 amide bonds. The van der Waals surface area contributed by atoms with Crippen molar-refractivity contribution in [2.75, 3.05) is 10.8 Å². The summed E-state index contributed by atoms with van der Waals surface area (Å²) in [5.41, 5.74) is 2.33. The minimum absolute atomic E-state index is 0.0201. The molecular formula is C37H42FN3O4S. The summed E-state index contributed by atoms with van der Waals surface area (Å²) in [7, 11) is -4.21. The van der Waals surface area contributed by atoms with Crippen molar-refractivity contribution in [2.45, 2.75) is 70.0 Å². The van der Waals surface area contributed by atoms with Crippen molar-refractivity contribution in [3.63, 3.8) is 0 Å². The van der Waals surface area contributed by atoms with E-state index >= 15 is 4.39 Å². The standard InChI is InChI=1S/C37H42FN3O4S/c1-5-28(4)39-37(43)35(24-29-14-8-6-9-15-29)40(25-31-16-12-13-19-34(31)38)36(42)26-41(32-22-20-30(21-23-32)27(2)3)46(44,45)33-17-10-7-11-18-33/h6-23,27-28,35H,5,24-26H2,1-4H3,(H,39,43)/t28-,35+/m0/s1. The summed E-state index contributed by atoms with van der Waals surface area (Å²) >= 11 is 0. The average molecular weight is 644 g/mol. The van der Waals surface area contributed by atoms with Gasteiger partial charge in [0.05, 0.1) is 10.6 Å². The molecule has 0 saturated heterocycles. The van der Waals surface area contributed by atoms with E-state index in [1.165, 1.54) is 23.1 Å². The van der Waals surface area contributed by atoms with Crippen molar-refractivity contribution in [1.29, 1.82) is 0 Å². The van der Waals surface area contributed by atoms with E-state index in [1.54, 1.807) is 48.5 Å². The maximum Gasteiger partial charge on any atom is 0.264 e. The SMILES string of the molecule is CC[C@H](C)NC(=O)[C@@H](Cc1ccccc1)N(Cc1ccccc1F)C(=O)CN(c1ccc(C(C)C)cc1)S(=O)(=O)c1ccccc1. The Morgan fingerprint density at radius 3 is 1.98 bits per heavy atom. The number of halogens is 1. The van der Waals surface area contributed by atoms with Crippen molar-refractivity contribution in [3.05, 3.63) is 132 Å². The molecule has 0 bridgehead atoms. The molecule has 0 aliphatic carbocycles. The predicted octanol–water partition coefficient (Wildman–Crippen LogP) is 6.70. The third kappa shape index (κ3) is 8.60. The molecule has 2 atom stereocenters. The zero-order valence-corrected chi connectivity index (χ0v) is 27.6. The second-order valence-electron chi connectivity index (χ2n) is 11.7. The number of hydrogen-bond acceptors (Lipinski definition) is 4. The lowest BCUT2D eigenvalue weighted by molar-refractivity contribution is -0.140. The van der Waals surface area contributed by atoms with Gasteiger partial charge >= 0.3 is 0 Å². The molecule has 0 spiro atoms. The Labute approximate surface area is 272 Å². The van der Waals surface area contributed by atoms with Crippen LogP contribution >= 0.6 is 0 Å². The fraction of sp³-hybridized carbons (Fsp3) is 0.297. The summed E-state index contributed by atoms with van der Waals surface area (Å²) in [5.74, 6) is -1.36. The van der Waals surface area contributed by atoms with Crippen molar-refractivity contribution in [2.24, 2.45) is 0 Å². The molecule has 0 radical (unpaired) electrons. The Morgan fingerprint density at radius 1 is 0.804 bits per heavy atom. The van der Waals surface area contributed by atoms with E-state index in [9.17, 15) is 18.0 Å². The van der Waals surface area contributed by atoms with Crippen LogP contribution in [-0.2, 0) is 32.6 Å². The third-order valence-corrected chi connectivity index (χ3v) is 9.82. The van der Waals surface area contributed by atoms with Crippen LogP contribution in [0.5, 0.6) is 0 Å². The Hall–Kier alpha value is -4.50. The van der Waals surface area contributed by atoms with E-state index < -0.39 is 40.2 Å². The predicted molar refractivity (Wildman–Crippen MR) is 180 cm³/mol. The van der Waals surface area contributed by atoms with Gasteiger partial charge in [0, 0.05) is 24.6 Å². The van der Waals surface area contributed by atoms with Crippen LogP contribution in [0, 0.1) is 5.82 Å². The number of rotatable bonds is 14. The van der Waals surface area contributed by atoms with Gasteiger partial charge in [-0.2, -0.15) is 0 Å². The van der Waals surface area contributed by atoms with Gasteiger partial charge in [-0.15, -0.1) is 0 Å². The fourth-order valence-corrected chi connectivity index (χ4v) is 6.51. The van der Waals surface area contributed by atoms with Crippen LogP contribution in [0.25, 0.3) is 0 Å². The molecule has 46 heavy (non-hydrogen) atoms. The topological polar surface area (TPSA) is 86.8 Å². The summed E-state index contributed by atoms with van der Waals surface area (Å²) < 4.78 is 44.4. The Morgan fingerprint density at radius 2 is 1.39 bits per heavy atom. The zero-order chi connectivity index (χ0) is 33.3. The number of amides is 2. The van der Waals surface area contributed by atoms with Crippen molar-refractivity contribution in [1.82, 2.24) is 10.2 Å². The second kappa shape index (κ2) is 15.7. The second-order valence-corrected chi connectivity index (χ2v) is 13.6. The number of nitrogens with zero attached hydrogens (tertiary/aromatic N) is 2. The van der Waals surface area contributed by atoms with Gasteiger partial charge < -0.3 is 10.2 Å². The van der Waals surface area contributed by atoms with Gasteiger partial charge in [0.15, 0.2) is 0 Å². The molecule has 0 aliphatic heterocycles. The molecule has 7 nitrogen and oxygen atoms in total. The number of hydrogen-bond donors (Lipinski definition) is 1. The highest BCUT2D eigenvalue weighted by Gasteiger charge is 2.35. The van der Waals surface area contributed by atoms with Crippen LogP contribution in [-0.4, -0.2) is 43.8 Å². The summed E-state index contributed by atoms with van der Waals surface area (Å²) in [4.78, 5) is 29.7. The quantitative estimate of drug-likeness (QED) is 0.166. The molecule has 4 aromatic carbocycles. The number of carbonyl (C=O) groups excluding carboxylic acids is 2. The van der Waals surface area contributed by atoms with Crippen LogP contribution in [0.2, 0.25) is 0 Å². The lowest BCUT2D eigenvalue weighted by Gasteiger charge is -2.34. The third-order valence-electron chi connectivity index (χ3n) is 8.03. The molecule has 9 heteroatoms. The highest BCUT2D eigenvalue weighted by atomic mass is 32.2. The number of carbonyl (C=O) groups is 2. The molecule has 4 aromatic rings. The summed E-state index contributed by atoms with van der Waals surface area (Å²) in [6.45, 7) is 7.05. The lowest BCUT2D eigenvalue weighted by atomic mass is 10.0. The van der Waals surface area contributed by atoms with Gasteiger partial charge in [0.1, 0.15) is 18.4 Å². The normalized spacial score (nSPS) is 12.7. The van der Waals surface area contributed by atoms with Crippen LogP contribution < -0.4 is 9.62 Å². The van der Waals surface area contributed by atoms with E-state index in [0.717, 1.165) is 15.4 Å². The first kappa shape index (κ1) is 34.4. The molecule has 0 unspecified atom stereocenters.